The van der Waals surface area contributed by atoms with Crippen molar-refractivity contribution in [1.29, 1.82) is 0 Å². The molecule has 2 unspecified atom stereocenters. The number of carbonyl (C=O) groups is 2. The molecule has 2 atom stereocenters. The molecule has 0 aliphatic carbocycles. The highest BCUT2D eigenvalue weighted by Gasteiger charge is 2.31. The Morgan fingerprint density at radius 2 is 1.94 bits per heavy atom. The number of methoxy groups -OCH3 is 1. The van der Waals surface area contributed by atoms with Crippen LogP contribution in [0.3, 0.4) is 0 Å². The fourth-order valence-electron chi connectivity index (χ4n) is 6.41. The maximum absolute atomic E-state index is 13.6. The first-order chi connectivity index (χ1) is 23.7. The zero-order valence-electron chi connectivity index (χ0n) is 30.6. The molecule has 5 rings (SSSR count). The number of aryl methyl sites for hydroxylation is 1. The monoisotopic (exact) mass is 704 g/mol. The highest BCUT2D eigenvalue weighted by Crippen LogP contribution is 2.41. The van der Waals surface area contributed by atoms with Gasteiger partial charge in [-0.3, -0.25) is 14.8 Å². The molecule has 4 aromatic rings. The first-order valence-electron chi connectivity index (χ1n) is 17.5. The number of amides is 2. The molecule has 270 valence electrons. The molecule has 11 nitrogen and oxygen atoms in total. The molecule has 1 aromatic carbocycles. The standard InChI is InChI=1S/C38H52N6O5S/c1-9-43-31-15-14-25(19-27(31)28(21-38(6,7)23-45)34(43)26-13-12-16-39-33(26)24(2)48-8)30-22-50-32(41-30)20-29(42-36(47)49-37(3,4)5)35(46)44-18-11-10-17-40-44/h12-16,19,22,24,29,40,45H,9-11,17-18,20-21,23H2,1-8H3,(H,42,47). The van der Waals surface area contributed by atoms with Gasteiger partial charge in [-0.15, -0.1) is 11.3 Å². The molecular formula is C38H52N6O5S. The molecular weight excluding hydrogens is 653 g/mol. The second-order valence-corrected chi connectivity index (χ2v) is 15.7. The number of nitrogens with one attached hydrogen (secondary N) is 2. The normalized spacial score (nSPS) is 15.3. The molecule has 0 radical (unpaired) electrons. The number of thiazole rings is 1. The predicted octanol–water partition coefficient (Wildman–Crippen LogP) is 6.68. The van der Waals surface area contributed by atoms with Gasteiger partial charge in [0.2, 0.25) is 0 Å². The summed E-state index contributed by atoms with van der Waals surface area (Å²) in [6.07, 6.45) is 3.73. The Balaban J connectivity index is 1.54. The van der Waals surface area contributed by atoms with Gasteiger partial charge in [-0.05, 0) is 89.1 Å². The Labute approximate surface area is 299 Å². The summed E-state index contributed by atoms with van der Waals surface area (Å²) in [7, 11) is 1.69. The summed E-state index contributed by atoms with van der Waals surface area (Å²) in [5, 5.41) is 18.6. The molecule has 0 spiro atoms. The fourth-order valence-corrected chi connectivity index (χ4v) is 7.26. The van der Waals surface area contributed by atoms with Crippen molar-refractivity contribution >= 4 is 34.2 Å². The lowest BCUT2D eigenvalue weighted by Gasteiger charge is -2.31. The van der Waals surface area contributed by atoms with Gasteiger partial charge in [-0.25, -0.2) is 15.2 Å². The van der Waals surface area contributed by atoms with Gasteiger partial charge in [0.05, 0.1) is 28.2 Å². The quantitative estimate of drug-likeness (QED) is 0.149. The van der Waals surface area contributed by atoms with Crippen LogP contribution in [0.5, 0.6) is 0 Å². The van der Waals surface area contributed by atoms with Crippen molar-refractivity contribution in [2.45, 2.75) is 98.4 Å². The number of hydrogen-bond donors (Lipinski definition) is 3. The van der Waals surface area contributed by atoms with Crippen molar-refractivity contribution in [3.8, 4) is 22.5 Å². The second kappa shape index (κ2) is 15.6. The lowest BCUT2D eigenvalue weighted by Crippen LogP contribution is -2.56. The summed E-state index contributed by atoms with van der Waals surface area (Å²) < 4.78 is 13.6. The number of carbonyl (C=O) groups excluding carboxylic acids is 2. The van der Waals surface area contributed by atoms with E-state index in [4.69, 9.17) is 19.4 Å². The average Bonchev–Trinajstić information content (AvgIpc) is 3.68. The van der Waals surface area contributed by atoms with E-state index in [1.165, 1.54) is 11.3 Å². The van der Waals surface area contributed by atoms with E-state index < -0.39 is 17.7 Å². The van der Waals surface area contributed by atoms with Gasteiger partial charge >= 0.3 is 6.09 Å². The summed E-state index contributed by atoms with van der Waals surface area (Å²) >= 11 is 1.46. The van der Waals surface area contributed by atoms with Crippen molar-refractivity contribution in [2.24, 2.45) is 5.41 Å². The molecule has 3 aromatic heterocycles. The van der Waals surface area contributed by atoms with E-state index in [0.717, 1.165) is 69.1 Å². The zero-order chi connectivity index (χ0) is 36.2. The minimum atomic E-state index is -0.839. The molecule has 1 fully saturated rings. The third-order valence-corrected chi connectivity index (χ3v) is 9.86. The molecule has 1 aliphatic rings. The van der Waals surface area contributed by atoms with Gasteiger partial charge in [0.1, 0.15) is 11.6 Å². The maximum Gasteiger partial charge on any atom is 0.408 e. The van der Waals surface area contributed by atoms with Crippen LogP contribution in [0.4, 0.5) is 4.79 Å². The Kier molecular flexibility index (Phi) is 11.7. The van der Waals surface area contributed by atoms with Gasteiger partial charge in [0.25, 0.3) is 5.91 Å². The number of ether oxygens (including phenoxy) is 2. The molecule has 1 aliphatic heterocycles. The van der Waals surface area contributed by atoms with Gasteiger partial charge < -0.3 is 24.5 Å². The van der Waals surface area contributed by atoms with E-state index in [-0.39, 0.29) is 30.5 Å². The summed E-state index contributed by atoms with van der Waals surface area (Å²) in [5.41, 5.74) is 9.01. The van der Waals surface area contributed by atoms with Crippen molar-refractivity contribution in [1.82, 2.24) is 30.3 Å². The van der Waals surface area contributed by atoms with Crippen molar-refractivity contribution < 1.29 is 24.2 Å². The highest BCUT2D eigenvalue weighted by atomic mass is 32.1. The first kappa shape index (κ1) is 37.4. The van der Waals surface area contributed by atoms with Crippen molar-refractivity contribution in [3.63, 3.8) is 0 Å². The average molecular weight is 705 g/mol. The molecule has 0 bridgehead atoms. The molecule has 50 heavy (non-hydrogen) atoms. The predicted molar refractivity (Wildman–Crippen MR) is 198 cm³/mol. The van der Waals surface area contributed by atoms with Gasteiger partial charge in [0.15, 0.2) is 0 Å². The number of benzene rings is 1. The lowest BCUT2D eigenvalue weighted by molar-refractivity contribution is -0.137. The number of hydrazine groups is 1. The minimum absolute atomic E-state index is 0.0406. The molecule has 2 amide bonds. The number of aliphatic hydroxyl groups is 1. The zero-order valence-corrected chi connectivity index (χ0v) is 31.4. The van der Waals surface area contributed by atoms with Gasteiger partial charge in [-0.1, -0.05) is 19.9 Å². The van der Waals surface area contributed by atoms with Gasteiger partial charge in [-0.2, -0.15) is 0 Å². The van der Waals surface area contributed by atoms with Crippen molar-refractivity contribution in [2.75, 3.05) is 26.8 Å². The first-order valence-corrected chi connectivity index (χ1v) is 18.4. The van der Waals surface area contributed by atoms with Crippen LogP contribution in [0.15, 0.2) is 41.9 Å². The Morgan fingerprint density at radius 1 is 1.16 bits per heavy atom. The number of pyridine rings is 1. The van der Waals surface area contributed by atoms with Crippen LogP contribution < -0.4 is 10.7 Å². The topological polar surface area (TPSA) is 131 Å². The van der Waals surface area contributed by atoms with Crippen LogP contribution >= 0.6 is 11.3 Å². The smallest absolute Gasteiger partial charge is 0.408 e. The van der Waals surface area contributed by atoms with Crippen LogP contribution in [0, 0.1) is 5.41 Å². The van der Waals surface area contributed by atoms with Crippen molar-refractivity contribution in [3.05, 3.63) is 58.2 Å². The van der Waals surface area contributed by atoms with E-state index >= 15 is 0 Å². The number of hydrogen-bond acceptors (Lipinski definition) is 9. The molecule has 3 N–H and O–H groups in total. The van der Waals surface area contributed by atoms with Gasteiger partial charge in [0, 0.05) is 73.4 Å². The lowest BCUT2D eigenvalue weighted by atomic mass is 9.84. The number of aromatic nitrogens is 3. The number of nitrogens with zero attached hydrogens (tertiary/aromatic N) is 4. The fraction of sp³-hybridized carbons (Fsp3) is 0.526. The van der Waals surface area contributed by atoms with E-state index in [1.807, 2.05) is 18.4 Å². The second-order valence-electron chi connectivity index (χ2n) is 14.8. The summed E-state index contributed by atoms with van der Waals surface area (Å²) in [6, 6.07) is 9.62. The Bertz CT molecular complexity index is 1800. The largest absolute Gasteiger partial charge is 0.444 e. The summed E-state index contributed by atoms with van der Waals surface area (Å²) in [5.74, 6) is -0.212. The third kappa shape index (κ3) is 8.54. The summed E-state index contributed by atoms with van der Waals surface area (Å²) in [4.78, 5) is 36.1. The number of aliphatic hydroxyl groups excluding tert-OH is 1. The Hall–Kier alpha value is -3.84. The van der Waals surface area contributed by atoms with Crippen LogP contribution in [-0.2, 0) is 33.7 Å². The number of alkyl carbamates (subject to hydrolysis) is 1. The number of rotatable bonds is 12. The van der Waals surface area contributed by atoms with E-state index in [1.54, 1.807) is 39.1 Å². The molecule has 12 heteroatoms. The van der Waals surface area contributed by atoms with Crippen LogP contribution in [-0.4, -0.2) is 75.1 Å². The molecule has 1 saturated heterocycles. The number of fused-ring (bicyclic) bond motifs is 1. The molecule has 0 saturated carbocycles. The van der Waals surface area contributed by atoms with E-state index in [2.05, 4.69) is 60.3 Å². The highest BCUT2D eigenvalue weighted by molar-refractivity contribution is 7.10. The third-order valence-electron chi connectivity index (χ3n) is 8.99. The Morgan fingerprint density at radius 3 is 2.60 bits per heavy atom. The molecule has 4 heterocycles. The maximum atomic E-state index is 13.6. The van der Waals surface area contributed by atoms with Crippen LogP contribution in [0.1, 0.15) is 83.7 Å². The van der Waals surface area contributed by atoms with E-state index in [0.29, 0.717) is 19.5 Å². The van der Waals surface area contributed by atoms with Crippen LogP contribution in [0.25, 0.3) is 33.4 Å². The van der Waals surface area contributed by atoms with E-state index in [9.17, 15) is 14.7 Å². The minimum Gasteiger partial charge on any atom is -0.444 e. The van der Waals surface area contributed by atoms with Crippen LogP contribution in [0.2, 0.25) is 0 Å². The SMILES string of the molecule is CCn1c(-c2cccnc2C(C)OC)c(CC(C)(C)CO)c2cc(-c3csc(CC(NC(=O)OC(C)(C)C)C(=O)N4CCCCN4)n3)ccc21. The summed E-state index contributed by atoms with van der Waals surface area (Å²) in [6.45, 7) is 15.8.